The van der Waals surface area contributed by atoms with Crippen molar-refractivity contribution >= 4 is 5.97 Å². The van der Waals surface area contributed by atoms with Crippen molar-refractivity contribution in [1.29, 1.82) is 0 Å². The van der Waals surface area contributed by atoms with Gasteiger partial charge in [-0.25, -0.2) is 0 Å². The molecule has 0 radical (unpaired) electrons. The molecule has 1 unspecified atom stereocenters. The Bertz CT molecular complexity index is 590. The topological polar surface area (TPSA) is 46.5 Å². The fourth-order valence-electron chi connectivity index (χ4n) is 4.06. The van der Waals surface area contributed by atoms with Gasteiger partial charge in [0.25, 0.3) is 0 Å². The first-order chi connectivity index (χ1) is 14.3. The van der Waals surface area contributed by atoms with Gasteiger partial charge >= 0.3 is 5.97 Å². The van der Waals surface area contributed by atoms with Gasteiger partial charge in [-0.05, 0) is 47.3 Å². The summed E-state index contributed by atoms with van der Waals surface area (Å²) >= 11 is 0. The molecule has 0 aromatic heterocycles. The number of hydrogen-bond acceptors (Lipinski definition) is 3. The number of hydrogen-bond donors (Lipinski definition) is 1. The summed E-state index contributed by atoms with van der Waals surface area (Å²) in [5, 5.41) is 10.8. The molecule has 0 heterocycles. The number of ether oxygens (including phenoxy) is 1. The number of unbranched alkanes of at least 4 members (excludes halogenated alkanes) is 6. The first-order valence-corrected chi connectivity index (χ1v) is 12.3. The highest BCUT2D eigenvalue weighted by atomic mass is 16.5. The second kappa shape index (κ2) is 14.5. The van der Waals surface area contributed by atoms with Crippen LogP contribution in [0, 0.1) is 0 Å². The first kappa shape index (κ1) is 26.5. The maximum Gasteiger partial charge on any atom is 0.305 e. The largest absolute Gasteiger partial charge is 0.507 e. The van der Waals surface area contributed by atoms with Crippen LogP contribution in [0.5, 0.6) is 5.75 Å². The number of aromatic hydroxyl groups is 1. The molecule has 0 fully saturated rings. The van der Waals surface area contributed by atoms with E-state index in [2.05, 4.69) is 46.8 Å². The summed E-state index contributed by atoms with van der Waals surface area (Å²) in [6.07, 6.45) is 11.5. The normalized spacial score (nSPS) is 12.5. The highest BCUT2D eigenvalue weighted by molar-refractivity contribution is 5.68. The van der Waals surface area contributed by atoms with Crippen molar-refractivity contribution in [3.05, 3.63) is 28.8 Å². The van der Waals surface area contributed by atoms with E-state index in [1.807, 2.05) is 6.92 Å². The lowest BCUT2D eigenvalue weighted by Gasteiger charge is -2.23. The van der Waals surface area contributed by atoms with Crippen LogP contribution in [0.3, 0.4) is 0 Å². The third-order valence-corrected chi connectivity index (χ3v) is 6.08. The third kappa shape index (κ3) is 9.10. The molecule has 0 amide bonds. The maximum atomic E-state index is 11.6. The number of rotatable bonds is 15. The van der Waals surface area contributed by atoms with Gasteiger partial charge in [0.15, 0.2) is 0 Å². The Morgan fingerprint density at radius 1 is 0.867 bits per heavy atom. The summed E-state index contributed by atoms with van der Waals surface area (Å²) in [5.41, 5.74) is 3.36. The van der Waals surface area contributed by atoms with Crippen LogP contribution in [0.15, 0.2) is 12.1 Å². The van der Waals surface area contributed by atoms with Crippen LogP contribution in [-0.2, 0) is 9.53 Å². The van der Waals surface area contributed by atoms with Crippen molar-refractivity contribution in [2.45, 2.75) is 124 Å². The van der Waals surface area contributed by atoms with E-state index >= 15 is 0 Å². The lowest BCUT2D eigenvalue weighted by molar-refractivity contribution is -0.143. The standard InChI is InChI=1S/C27H46O3/c1-7-9-10-11-12-13-14-15-22(16-17-30-26(28)8-2)23-18-24(20(3)4)27(29)25(19-23)21(5)6/h18-22,29H,7-17H2,1-6H3. The molecular weight excluding hydrogens is 372 g/mol. The van der Waals surface area contributed by atoms with Gasteiger partial charge in [-0.1, -0.05) is 98.6 Å². The van der Waals surface area contributed by atoms with Crippen LogP contribution in [0.2, 0.25) is 0 Å². The molecule has 1 aromatic carbocycles. The predicted octanol–water partition coefficient (Wildman–Crippen LogP) is 8.21. The number of carbonyl (C=O) groups is 1. The molecule has 0 aliphatic heterocycles. The van der Waals surface area contributed by atoms with E-state index in [-0.39, 0.29) is 17.8 Å². The van der Waals surface area contributed by atoms with Gasteiger partial charge in [0.1, 0.15) is 5.75 Å². The summed E-state index contributed by atoms with van der Waals surface area (Å²) in [4.78, 5) is 11.6. The Hall–Kier alpha value is -1.51. The van der Waals surface area contributed by atoms with E-state index < -0.39 is 0 Å². The molecule has 0 saturated carbocycles. The van der Waals surface area contributed by atoms with Crippen LogP contribution >= 0.6 is 0 Å². The number of benzene rings is 1. The summed E-state index contributed by atoms with van der Waals surface area (Å²) in [6.45, 7) is 13.1. The first-order valence-electron chi connectivity index (χ1n) is 12.3. The summed E-state index contributed by atoms with van der Waals surface area (Å²) in [7, 11) is 0. The van der Waals surface area contributed by atoms with E-state index in [1.165, 1.54) is 50.5 Å². The molecule has 1 atom stereocenters. The highest BCUT2D eigenvalue weighted by Gasteiger charge is 2.20. The molecule has 30 heavy (non-hydrogen) atoms. The lowest BCUT2D eigenvalue weighted by atomic mass is 9.84. The van der Waals surface area contributed by atoms with Gasteiger partial charge < -0.3 is 9.84 Å². The summed E-state index contributed by atoms with van der Waals surface area (Å²) in [5.74, 6) is 1.25. The number of phenols is 1. The molecule has 0 spiro atoms. The molecule has 172 valence electrons. The van der Waals surface area contributed by atoms with E-state index in [0.29, 0.717) is 24.7 Å². The summed E-state index contributed by atoms with van der Waals surface area (Å²) < 4.78 is 5.41. The van der Waals surface area contributed by atoms with Crippen molar-refractivity contribution in [2.75, 3.05) is 6.61 Å². The van der Waals surface area contributed by atoms with Crippen LogP contribution in [-0.4, -0.2) is 17.7 Å². The fourth-order valence-corrected chi connectivity index (χ4v) is 4.06. The summed E-state index contributed by atoms with van der Waals surface area (Å²) in [6, 6.07) is 4.39. The molecule has 3 nitrogen and oxygen atoms in total. The Kier molecular flexibility index (Phi) is 12.8. The quantitative estimate of drug-likeness (QED) is 0.230. The molecule has 0 aliphatic carbocycles. The van der Waals surface area contributed by atoms with E-state index in [0.717, 1.165) is 24.0 Å². The molecule has 1 N–H and O–H groups in total. The van der Waals surface area contributed by atoms with Crippen molar-refractivity contribution in [1.82, 2.24) is 0 Å². The van der Waals surface area contributed by atoms with Gasteiger partial charge in [-0.2, -0.15) is 0 Å². The zero-order chi connectivity index (χ0) is 22.5. The Balaban J connectivity index is 2.92. The monoisotopic (exact) mass is 418 g/mol. The minimum atomic E-state index is -0.124. The van der Waals surface area contributed by atoms with E-state index in [1.54, 1.807) is 0 Å². The van der Waals surface area contributed by atoms with Crippen LogP contribution < -0.4 is 0 Å². The Morgan fingerprint density at radius 3 is 1.90 bits per heavy atom. The van der Waals surface area contributed by atoms with Crippen LogP contribution in [0.1, 0.15) is 140 Å². The minimum absolute atomic E-state index is 0.124. The molecular formula is C27H46O3. The second-order valence-electron chi connectivity index (χ2n) is 9.33. The van der Waals surface area contributed by atoms with Crippen LogP contribution in [0.25, 0.3) is 0 Å². The maximum absolute atomic E-state index is 11.6. The molecule has 1 aromatic rings. The fraction of sp³-hybridized carbons (Fsp3) is 0.741. The smallest absolute Gasteiger partial charge is 0.305 e. The molecule has 0 saturated heterocycles. The van der Waals surface area contributed by atoms with Crippen molar-refractivity contribution in [3.63, 3.8) is 0 Å². The SMILES string of the molecule is CCCCCCCCCC(CCOC(=O)CC)c1cc(C(C)C)c(O)c(C(C)C)c1. The highest BCUT2D eigenvalue weighted by Crippen LogP contribution is 2.38. The number of phenolic OH excluding ortho intramolecular Hbond substituents is 1. The average Bonchev–Trinajstić information content (AvgIpc) is 2.71. The number of esters is 1. The third-order valence-electron chi connectivity index (χ3n) is 6.08. The van der Waals surface area contributed by atoms with E-state index in [9.17, 15) is 9.90 Å². The molecule has 3 heteroatoms. The van der Waals surface area contributed by atoms with Gasteiger partial charge in [-0.3, -0.25) is 4.79 Å². The van der Waals surface area contributed by atoms with Crippen molar-refractivity contribution < 1.29 is 14.6 Å². The zero-order valence-electron chi connectivity index (χ0n) is 20.4. The van der Waals surface area contributed by atoms with Gasteiger partial charge in [0.2, 0.25) is 0 Å². The number of carbonyl (C=O) groups excluding carboxylic acids is 1. The second-order valence-corrected chi connectivity index (χ2v) is 9.33. The van der Waals surface area contributed by atoms with Crippen LogP contribution in [0.4, 0.5) is 0 Å². The Labute approximate surface area is 185 Å². The zero-order valence-corrected chi connectivity index (χ0v) is 20.4. The molecule has 0 aliphatic rings. The van der Waals surface area contributed by atoms with Crippen molar-refractivity contribution in [3.8, 4) is 5.75 Å². The van der Waals surface area contributed by atoms with Crippen molar-refractivity contribution in [2.24, 2.45) is 0 Å². The van der Waals surface area contributed by atoms with Gasteiger partial charge in [-0.15, -0.1) is 0 Å². The lowest BCUT2D eigenvalue weighted by Crippen LogP contribution is -2.10. The minimum Gasteiger partial charge on any atom is -0.507 e. The molecule has 1 rings (SSSR count). The van der Waals surface area contributed by atoms with E-state index in [4.69, 9.17) is 4.74 Å². The molecule has 0 bridgehead atoms. The van der Waals surface area contributed by atoms with Gasteiger partial charge in [0.05, 0.1) is 6.61 Å². The average molecular weight is 419 g/mol. The predicted molar refractivity (Wildman–Crippen MR) is 128 cm³/mol. The Morgan fingerprint density at radius 2 is 1.40 bits per heavy atom. The van der Waals surface area contributed by atoms with Gasteiger partial charge in [0, 0.05) is 6.42 Å².